The van der Waals surface area contributed by atoms with Crippen molar-refractivity contribution in [2.75, 3.05) is 7.11 Å². The number of ether oxygens (including phenoxy) is 2. The predicted molar refractivity (Wildman–Crippen MR) is 129 cm³/mol. The van der Waals surface area contributed by atoms with Gasteiger partial charge in [-0.15, -0.1) is 11.8 Å². The number of carbonyl (C=O) groups is 1. The summed E-state index contributed by atoms with van der Waals surface area (Å²) in [6.07, 6.45) is 0. The van der Waals surface area contributed by atoms with E-state index in [-0.39, 0.29) is 0 Å². The monoisotopic (exact) mass is 443 g/mol. The largest absolute Gasteiger partial charge is 0.487 e. The van der Waals surface area contributed by atoms with Gasteiger partial charge in [-0.25, -0.2) is 9.78 Å². The van der Waals surface area contributed by atoms with Crippen LogP contribution in [0.15, 0.2) is 77.8 Å². The average Bonchev–Trinajstić information content (AvgIpc) is 2.82. The van der Waals surface area contributed by atoms with E-state index in [1.54, 1.807) is 0 Å². The number of nitrogens with zero attached hydrogens (tertiary/aromatic N) is 1. The number of hydrogen-bond donors (Lipinski definition) is 0. The summed E-state index contributed by atoms with van der Waals surface area (Å²) in [4.78, 5) is 17.7. The summed E-state index contributed by atoms with van der Waals surface area (Å²) in [5.41, 5.74) is 5.78. The van der Waals surface area contributed by atoms with E-state index in [1.165, 1.54) is 35.6 Å². The van der Waals surface area contributed by atoms with Gasteiger partial charge < -0.3 is 9.47 Å². The minimum Gasteiger partial charge on any atom is -0.487 e. The number of aryl methyl sites for hydroxylation is 2. The first kappa shape index (κ1) is 21.9. The zero-order valence-corrected chi connectivity index (χ0v) is 19.2. The van der Waals surface area contributed by atoms with Gasteiger partial charge in [-0.3, -0.25) is 0 Å². The lowest BCUT2D eigenvalue weighted by molar-refractivity contribution is 0.0590. The van der Waals surface area contributed by atoms with Gasteiger partial charge in [-0.2, -0.15) is 0 Å². The van der Waals surface area contributed by atoms with Crippen LogP contribution >= 0.6 is 11.8 Å². The van der Waals surface area contributed by atoms with E-state index in [9.17, 15) is 4.79 Å². The number of methoxy groups -OCH3 is 1. The maximum absolute atomic E-state index is 12.9. The third-order valence-corrected chi connectivity index (χ3v) is 6.35. The lowest BCUT2D eigenvalue weighted by Gasteiger charge is -2.17. The molecule has 1 aromatic heterocycles. The van der Waals surface area contributed by atoms with Crippen LogP contribution in [0.5, 0.6) is 5.75 Å². The van der Waals surface area contributed by atoms with Crippen LogP contribution < -0.4 is 4.74 Å². The number of para-hydroxylation sites is 1. The number of pyridine rings is 1. The van der Waals surface area contributed by atoms with Crippen molar-refractivity contribution in [3.8, 4) is 5.75 Å². The highest BCUT2D eigenvalue weighted by molar-refractivity contribution is 7.98. The van der Waals surface area contributed by atoms with Gasteiger partial charge in [0.2, 0.25) is 0 Å². The van der Waals surface area contributed by atoms with Gasteiger partial charge in [0.15, 0.2) is 0 Å². The van der Waals surface area contributed by atoms with Crippen molar-refractivity contribution >= 4 is 28.6 Å². The fourth-order valence-corrected chi connectivity index (χ4v) is 4.55. The van der Waals surface area contributed by atoms with Gasteiger partial charge in [-0.05, 0) is 42.7 Å². The van der Waals surface area contributed by atoms with Crippen molar-refractivity contribution in [1.82, 2.24) is 4.98 Å². The van der Waals surface area contributed by atoms with Crippen molar-refractivity contribution in [1.29, 1.82) is 0 Å². The number of esters is 1. The highest BCUT2D eigenvalue weighted by atomic mass is 32.2. The van der Waals surface area contributed by atoms with Crippen molar-refractivity contribution in [3.05, 3.63) is 101 Å². The van der Waals surface area contributed by atoms with Crippen LogP contribution in [0, 0.1) is 13.8 Å². The molecule has 4 rings (SSSR count). The molecule has 0 aliphatic rings. The average molecular weight is 444 g/mol. The first-order chi connectivity index (χ1) is 15.6. The number of rotatable bonds is 7. The normalized spacial score (nSPS) is 10.8. The Bertz CT molecular complexity index is 1250. The number of fused-ring (bicyclic) bond motifs is 1. The van der Waals surface area contributed by atoms with Crippen LogP contribution in [0.25, 0.3) is 10.9 Å². The predicted octanol–water partition coefficient (Wildman–Crippen LogP) is 6.51. The Morgan fingerprint density at radius 3 is 2.41 bits per heavy atom. The second kappa shape index (κ2) is 9.88. The van der Waals surface area contributed by atoms with Gasteiger partial charge >= 0.3 is 5.97 Å². The van der Waals surface area contributed by atoms with E-state index >= 15 is 0 Å². The third kappa shape index (κ3) is 4.78. The van der Waals surface area contributed by atoms with Crippen LogP contribution in [0.1, 0.15) is 32.6 Å². The van der Waals surface area contributed by atoms with Crippen molar-refractivity contribution in [2.45, 2.75) is 31.2 Å². The molecule has 0 aliphatic carbocycles. The van der Waals surface area contributed by atoms with Gasteiger partial charge in [0.1, 0.15) is 22.9 Å². The molecule has 0 spiro atoms. The minimum atomic E-state index is -0.450. The molecule has 0 bridgehead atoms. The van der Waals surface area contributed by atoms with E-state index in [0.29, 0.717) is 28.7 Å². The number of hydrogen-bond acceptors (Lipinski definition) is 5. The topological polar surface area (TPSA) is 48.4 Å². The minimum absolute atomic E-state index is 0.347. The molecule has 4 nitrogen and oxygen atoms in total. The molecule has 0 unspecified atom stereocenters. The zero-order valence-electron chi connectivity index (χ0n) is 18.4. The summed E-state index contributed by atoms with van der Waals surface area (Å²) in [6.45, 7) is 4.48. The summed E-state index contributed by atoms with van der Waals surface area (Å²) in [5.74, 6) is 0.754. The molecule has 0 atom stereocenters. The summed E-state index contributed by atoms with van der Waals surface area (Å²) < 4.78 is 11.4. The smallest absolute Gasteiger partial charge is 0.344 e. The first-order valence-corrected chi connectivity index (χ1v) is 11.4. The molecule has 1 heterocycles. The highest BCUT2D eigenvalue weighted by Gasteiger charge is 2.24. The molecule has 4 aromatic rings. The molecule has 3 aromatic carbocycles. The summed E-state index contributed by atoms with van der Waals surface area (Å²) in [6, 6.07) is 24.1. The van der Waals surface area contributed by atoms with E-state index in [4.69, 9.17) is 14.5 Å². The molecule has 32 heavy (non-hydrogen) atoms. The van der Waals surface area contributed by atoms with Crippen LogP contribution in [-0.4, -0.2) is 18.1 Å². The first-order valence-electron chi connectivity index (χ1n) is 10.4. The quantitative estimate of drug-likeness (QED) is 0.241. The van der Waals surface area contributed by atoms with Gasteiger partial charge in [0.25, 0.3) is 0 Å². The Morgan fingerprint density at radius 2 is 1.66 bits per heavy atom. The third-order valence-electron chi connectivity index (χ3n) is 5.33. The van der Waals surface area contributed by atoms with Crippen molar-refractivity contribution < 1.29 is 14.3 Å². The molecule has 162 valence electrons. The van der Waals surface area contributed by atoms with Crippen molar-refractivity contribution in [3.63, 3.8) is 0 Å². The Labute approximate surface area is 192 Å². The molecular weight excluding hydrogens is 418 g/mol. The number of aromatic nitrogens is 1. The molecule has 0 N–H and O–H groups in total. The molecule has 0 aliphatic heterocycles. The van der Waals surface area contributed by atoms with E-state index in [0.717, 1.165) is 16.5 Å². The summed E-state index contributed by atoms with van der Waals surface area (Å²) in [7, 11) is 1.39. The second-order valence-electron chi connectivity index (χ2n) is 7.62. The molecular formula is C27H25NO3S. The number of thioether (sulfide) groups is 1. The van der Waals surface area contributed by atoms with Gasteiger partial charge in [-0.1, -0.05) is 66.2 Å². The zero-order chi connectivity index (χ0) is 22.5. The fraction of sp³-hybridized carbons (Fsp3) is 0.185. The molecule has 0 radical (unpaired) electrons. The van der Waals surface area contributed by atoms with Crippen LogP contribution in [0.3, 0.4) is 0 Å². The van der Waals surface area contributed by atoms with Gasteiger partial charge in [0.05, 0.1) is 12.6 Å². The van der Waals surface area contributed by atoms with E-state index < -0.39 is 5.97 Å². The van der Waals surface area contributed by atoms with Crippen LogP contribution in [0.4, 0.5) is 0 Å². The lowest BCUT2D eigenvalue weighted by Crippen LogP contribution is -2.10. The molecule has 0 saturated carbocycles. The van der Waals surface area contributed by atoms with Gasteiger partial charge in [0, 0.05) is 11.1 Å². The fourth-order valence-electron chi connectivity index (χ4n) is 3.45. The Morgan fingerprint density at radius 1 is 0.938 bits per heavy atom. The van der Waals surface area contributed by atoms with E-state index in [1.807, 2.05) is 67.6 Å². The van der Waals surface area contributed by atoms with E-state index in [2.05, 4.69) is 19.1 Å². The Kier molecular flexibility index (Phi) is 6.76. The van der Waals surface area contributed by atoms with Crippen molar-refractivity contribution in [2.24, 2.45) is 0 Å². The SMILES string of the molecule is COC(=O)c1c(SCc2ccccc2C)nc2ccccc2c1OCc1ccc(C)cc1. The maximum atomic E-state index is 12.9. The molecule has 0 saturated heterocycles. The second-order valence-corrected chi connectivity index (χ2v) is 8.58. The number of carbonyl (C=O) groups excluding carboxylic acids is 1. The molecule has 5 heteroatoms. The maximum Gasteiger partial charge on any atom is 0.344 e. The lowest BCUT2D eigenvalue weighted by atomic mass is 10.1. The standard InChI is InChI=1S/C27H25NO3S/c1-18-12-14-20(15-13-18)16-31-25-22-10-6-7-11-23(22)28-26(24(25)27(29)30-3)32-17-21-9-5-4-8-19(21)2/h4-15H,16-17H2,1-3H3. The molecule has 0 amide bonds. The summed E-state index contributed by atoms with van der Waals surface area (Å²) in [5, 5.41) is 1.40. The summed E-state index contributed by atoms with van der Waals surface area (Å²) >= 11 is 1.52. The number of benzene rings is 3. The molecule has 0 fully saturated rings. The van der Waals surface area contributed by atoms with Crippen LogP contribution in [0.2, 0.25) is 0 Å². The Hall–Kier alpha value is -3.31. The van der Waals surface area contributed by atoms with Crippen LogP contribution in [-0.2, 0) is 17.1 Å². The Balaban J connectivity index is 1.76. The highest BCUT2D eigenvalue weighted by Crippen LogP contribution is 2.37.